The van der Waals surface area contributed by atoms with Gasteiger partial charge in [-0.15, -0.1) is 0 Å². The summed E-state index contributed by atoms with van der Waals surface area (Å²) in [7, 11) is 1.59. The summed E-state index contributed by atoms with van der Waals surface area (Å²) in [5.74, 6) is 1.33. The van der Waals surface area contributed by atoms with Crippen LogP contribution in [0.4, 0.5) is 4.79 Å². The Morgan fingerprint density at radius 3 is 2.72 bits per heavy atom. The van der Waals surface area contributed by atoms with Crippen molar-refractivity contribution in [2.24, 2.45) is 0 Å². The van der Waals surface area contributed by atoms with Crippen LogP contribution in [-0.4, -0.2) is 43.9 Å². The number of methoxy groups -OCH3 is 1. The molecule has 0 spiro atoms. The summed E-state index contributed by atoms with van der Waals surface area (Å²) in [5, 5.41) is 0. The van der Waals surface area contributed by atoms with Gasteiger partial charge in [-0.05, 0) is 19.1 Å². The Bertz CT molecular complexity index is 421. The first-order chi connectivity index (χ1) is 8.74. The first-order valence-corrected chi connectivity index (χ1v) is 5.96. The largest absolute Gasteiger partial charge is 0.493 e. The van der Waals surface area contributed by atoms with Crippen LogP contribution in [0.15, 0.2) is 24.3 Å². The Morgan fingerprint density at radius 1 is 1.39 bits per heavy atom. The topological polar surface area (TPSA) is 48.0 Å². The lowest BCUT2D eigenvalue weighted by Gasteiger charge is -2.13. The van der Waals surface area contributed by atoms with Crippen LogP contribution >= 0.6 is 0 Å². The number of hydrogen-bond donors (Lipinski definition) is 0. The summed E-state index contributed by atoms with van der Waals surface area (Å²) >= 11 is 0. The quantitative estimate of drug-likeness (QED) is 0.802. The van der Waals surface area contributed by atoms with Crippen molar-refractivity contribution in [3.63, 3.8) is 0 Å². The fourth-order valence-electron chi connectivity index (χ4n) is 1.84. The predicted octanol–water partition coefficient (Wildman–Crippen LogP) is 1.91. The molecule has 1 fully saturated rings. The number of para-hydroxylation sites is 2. The van der Waals surface area contributed by atoms with Gasteiger partial charge in [0.15, 0.2) is 17.6 Å². The molecule has 1 aromatic carbocycles. The van der Waals surface area contributed by atoms with Gasteiger partial charge < -0.3 is 19.1 Å². The zero-order valence-corrected chi connectivity index (χ0v) is 10.6. The molecule has 1 amide bonds. The third-order valence-corrected chi connectivity index (χ3v) is 2.83. The average molecular weight is 251 g/mol. The monoisotopic (exact) mass is 251 g/mol. The summed E-state index contributed by atoms with van der Waals surface area (Å²) in [6.07, 6.45) is -0.492. The van der Waals surface area contributed by atoms with E-state index in [0.29, 0.717) is 31.2 Å². The molecule has 0 saturated carbocycles. The second-order valence-electron chi connectivity index (χ2n) is 4.01. The van der Waals surface area contributed by atoms with Crippen molar-refractivity contribution in [2.45, 2.75) is 13.0 Å². The molecular weight excluding hydrogens is 234 g/mol. The molecule has 1 atom stereocenters. The van der Waals surface area contributed by atoms with Gasteiger partial charge in [-0.2, -0.15) is 0 Å². The Morgan fingerprint density at radius 2 is 2.11 bits per heavy atom. The van der Waals surface area contributed by atoms with Gasteiger partial charge in [0.25, 0.3) is 0 Å². The Labute approximate surface area is 106 Å². The van der Waals surface area contributed by atoms with Crippen LogP contribution in [0.1, 0.15) is 6.92 Å². The van der Waals surface area contributed by atoms with Crippen molar-refractivity contribution in [1.82, 2.24) is 4.90 Å². The zero-order valence-electron chi connectivity index (χ0n) is 10.6. The van der Waals surface area contributed by atoms with Crippen molar-refractivity contribution < 1.29 is 19.0 Å². The van der Waals surface area contributed by atoms with E-state index in [-0.39, 0.29) is 12.2 Å². The number of likely N-dealkylation sites (N-methyl/N-ethyl adjacent to an activating group) is 1. The highest BCUT2D eigenvalue weighted by Gasteiger charge is 2.30. The number of hydrogen-bond acceptors (Lipinski definition) is 4. The first kappa shape index (κ1) is 12.5. The van der Waals surface area contributed by atoms with Crippen LogP contribution in [0.2, 0.25) is 0 Å². The van der Waals surface area contributed by atoms with Gasteiger partial charge >= 0.3 is 6.09 Å². The standard InChI is InChI=1S/C13H17NO4/c1-3-14-8-10(18-13(14)15)9-17-12-7-5-4-6-11(12)16-2/h4-7,10H,3,8-9H2,1-2H3. The summed E-state index contributed by atoms with van der Waals surface area (Å²) in [6, 6.07) is 7.40. The maximum Gasteiger partial charge on any atom is 0.410 e. The van der Waals surface area contributed by atoms with Gasteiger partial charge in [0, 0.05) is 6.54 Å². The molecule has 0 aromatic heterocycles. The van der Waals surface area contributed by atoms with E-state index >= 15 is 0 Å². The van der Waals surface area contributed by atoms with E-state index in [2.05, 4.69) is 0 Å². The van der Waals surface area contributed by atoms with E-state index in [9.17, 15) is 4.79 Å². The van der Waals surface area contributed by atoms with Gasteiger partial charge in [-0.25, -0.2) is 4.79 Å². The van der Waals surface area contributed by atoms with Crippen LogP contribution in [0.3, 0.4) is 0 Å². The third kappa shape index (κ3) is 2.67. The molecule has 18 heavy (non-hydrogen) atoms. The van der Waals surface area contributed by atoms with Gasteiger partial charge in [-0.3, -0.25) is 0 Å². The van der Waals surface area contributed by atoms with E-state index < -0.39 is 0 Å². The third-order valence-electron chi connectivity index (χ3n) is 2.83. The molecule has 98 valence electrons. The smallest absolute Gasteiger partial charge is 0.410 e. The van der Waals surface area contributed by atoms with Crippen molar-refractivity contribution in [1.29, 1.82) is 0 Å². The van der Waals surface area contributed by atoms with Gasteiger partial charge in [0.1, 0.15) is 6.61 Å². The molecule has 1 aliphatic rings. The van der Waals surface area contributed by atoms with E-state index in [4.69, 9.17) is 14.2 Å². The summed E-state index contributed by atoms with van der Waals surface area (Å²) in [6.45, 7) is 3.49. The lowest BCUT2D eigenvalue weighted by atomic mass is 10.3. The van der Waals surface area contributed by atoms with E-state index in [1.165, 1.54) is 0 Å². The number of nitrogens with zero attached hydrogens (tertiary/aromatic N) is 1. The number of rotatable bonds is 5. The van der Waals surface area contributed by atoms with Crippen LogP contribution in [0.5, 0.6) is 11.5 Å². The lowest BCUT2D eigenvalue weighted by Crippen LogP contribution is -2.26. The summed E-state index contributed by atoms with van der Waals surface area (Å²) in [5.41, 5.74) is 0. The molecule has 2 rings (SSSR count). The van der Waals surface area contributed by atoms with Crippen molar-refractivity contribution >= 4 is 6.09 Å². The number of cyclic esters (lactones) is 1. The molecular formula is C13H17NO4. The Balaban J connectivity index is 1.90. The Kier molecular flexibility index (Phi) is 3.92. The number of amides is 1. The number of ether oxygens (including phenoxy) is 3. The fraction of sp³-hybridized carbons (Fsp3) is 0.462. The summed E-state index contributed by atoms with van der Waals surface area (Å²) in [4.78, 5) is 13.0. The van der Waals surface area contributed by atoms with Crippen molar-refractivity contribution in [3.05, 3.63) is 24.3 Å². The summed E-state index contributed by atoms with van der Waals surface area (Å²) < 4.78 is 16.0. The maximum atomic E-state index is 11.4. The normalized spacial score (nSPS) is 18.7. The second-order valence-corrected chi connectivity index (χ2v) is 4.01. The van der Waals surface area contributed by atoms with Gasteiger partial charge in [-0.1, -0.05) is 12.1 Å². The average Bonchev–Trinajstić information content (AvgIpc) is 2.77. The van der Waals surface area contributed by atoms with Gasteiger partial charge in [0.2, 0.25) is 0 Å². The SMILES string of the molecule is CCN1CC(COc2ccccc2OC)OC1=O. The van der Waals surface area contributed by atoms with Crippen LogP contribution < -0.4 is 9.47 Å². The molecule has 5 heteroatoms. The molecule has 0 aliphatic carbocycles. The molecule has 0 N–H and O–H groups in total. The molecule has 1 saturated heterocycles. The second kappa shape index (κ2) is 5.62. The van der Waals surface area contributed by atoms with E-state index in [1.54, 1.807) is 12.0 Å². The maximum absolute atomic E-state index is 11.4. The minimum Gasteiger partial charge on any atom is -0.493 e. The number of benzene rings is 1. The molecule has 1 heterocycles. The molecule has 0 radical (unpaired) electrons. The van der Waals surface area contributed by atoms with Crippen LogP contribution in [0.25, 0.3) is 0 Å². The van der Waals surface area contributed by atoms with E-state index in [0.717, 1.165) is 0 Å². The van der Waals surface area contributed by atoms with Crippen LogP contribution in [-0.2, 0) is 4.74 Å². The zero-order chi connectivity index (χ0) is 13.0. The lowest BCUT2D eigenvalue weighted by molar-refractivity contribution is 0.102. The Hall–Kier alpha value is -1.91. The number of carbonyl (C=O) groups excluding carboxylic acids is 1. The highest BCUT2D eigenvalue weighted by Crippen LogP contribution is 2.26. The highest BCUT2D eigenvalue weighted by atomic mass is 16.6. The molecule has 1 aliphatic heterocycles. The van der Waals surface area contributed by atoms with E-state index in [1.807, 2.05) is 31.2 Å². The first-order valence-electron chi connectivity index (χ1n) is 5.96. The highest BCUT2D eigenvalue weighted by molar-refractivity contribution is 5.69. The van der Waals surface area contributed by atoms with Gasteiger partial charge in [0.05, 0.1) is 13.7 Å². The molecule has 1 unspecified atom stereocenters. The minimum atomic E-state index is -0.272. The predicted molar refractivity (Wildman–Crippen MR) is 66.0 cm³/mol. The molecule has 5 nitrogen and oxygen atoms in total. The van der Waals surface area contributed by atoms with Crippen molar-refractivity contribution in [3.8, 4) is 11.5 Å². The molecule has 1 aromatic rings. The minimum absolute atomic E-state index is 0.220. The van der Waals surface area contributed by atoms with Crippen molar-refractivity contribution in [2.75, 3.05) is 26.8 Å². The molecule has 0 bridgehead atoms. The van der Waals surface area contributed by atoms with Crippen LogP contribution in [0, 0.1) is 0 Å². The number of carbonyl (C=O) groups is 1. The fourth-order valence-corrected chi connectivity index (χ4v) is 1.84.